The van der Waals surface area contributed by atoms with Crippen LogP contribution >= 0.6 is 0 Å². The minimum absolute atomic E-state index is 0.207. The van der Waals surface area contributed by atoms with E-state index in [2.05, 4.69) is 97.8 Å². The molecule has 0 aliphatic carbocycles. The van der Waals surface area contributed by atoms with Gasteiger partial charge in [0.2, 0.25) is 0 Å². The molecule has 0 N–H and O–H groups in total. The molecule has 24 nitrogen and oxygen atoms in total. The molecular formula is C40H66B2F8N16O8. The lowest BCUT2D eigenvalue weighted by molar-refractivity contribution is 0.102. The standard InChI is InChI=1S/2C20H33N8O4.2BF4/c2*1-7-29-17-21-15(22-18(25-17)30-8-2)14-13-27(5)11-12-28(14,6)16-23-19(31-9-3)26-20(24-16)32-10-4;2*2-1(3,4)5/h2*14H,7-13H2,1-6H3;;/q2*+1;2*-1. The molecule has 34 heteroatoms. The van der Waals surface area contributed by atoms with E-state index in [1.807, 2.05) is 55.4 Å². The summed E-state index contributed by atoms with van der Waals surface area (Å²) in [4.78, 5) is 58.3. The highest BCUT2D eigenvalue weighted by atomic mass is 19.5. The SMILES string of the molecule is CCOc1nc(OCC)nc(C2CN(C)CC[N+]2(C)c2nc(OCC)nc(OCC)n2)n1.CCOc1nc(OCC)nc(C2CN(C)CC[N+]2(C)c2nc(OCC)nc(OCC)n2)n1.F[B-](F)(F)F.F[B-](F)(F)F. The Morgan fingerprint density at radius 1 is 0.378 bits per heavy atom. The summed E-state index contributed by atoms with van der Waals surface area (Å²) >= 11 is 0. The highest BCUT2D eigenvalue weighted by Gasteiger charge is 2.48. The van der Waals surface area contributed by atoms with Crippen molar-refractivity contribution in [2.45, 2.75) is 67.5 Å². The molecule has 74 heavy (non-hydrogen) atoms. The molecule has 0 amide bonds. The van der Waals surface area contributed by atoms with Crippen LogP contribution in [0.25, 0.3) is 0 Å². The fourth-order valence-corrected chi connectivity index (χ4v) is 7.02. The van der Waals surface area contributed by atoms with Gasteiger partial charge < -0.3 is 72.4 Å². The highest BCUT2D eigenvalue weighted by molar-refractivity contribution is 6.50. The fourth-order valence-electron chi connectivity index (χ4n) is 7.02. The summed E-state index contributed by atoms with van der Waals surface area (Å²) in [7, 11) is -3.75. The molecule has 0 bridgehead atoms. The van der Waals surface area contributed by atoms with E-state index in [0.717, 1.165) is 26.2 Å². The highest BCUT2D eigenvalue weighted by Crippen LogP contribution is 2.37. The van der Waals surface area contributed by atoms with E-state index in [1.165, 1.54) is 0 Å². The molecular weight excluding hydrogens is 1010 g/mol. The van der Waals surface area contributed by atoms with E-state index < -0.39 is 14.5 Å². The van der Waals surface area contributed by atoms with Gasteiger partial charge in [-0.2, -0.15) is 19.9 Å². The lowest BCUT2D eigenvalue weighted by atomic mass is 10.1. The predicted molar refractivity (Wildman–Crippen MR) is 255 cm³/mol. The van der Waals surface area contributed by atoms with Crippen LogP contribution in [0.15, 0.2) is 0 Å². The van der Waals surface area contributed by atoms with Gasteiger partial charge in [0, 0.05) is 13.1 Å². The number of hydrogen-bond acceptors (Lipinski definition) is 22. The van der Waals surface area contributed by atoms with Gasteiger partial charge in [0.25, 0.3) is 0 Å². The number of halogens is 8. The molecule has 4 aromatic heterocycles. The Bertz CT molecular complexity index is 2070. The van der Waals surface area contributed by atoms with Gasteiger partial charge in [-0.3, -0.25) is 9.80 Å². The predicted octanol–water partition coefficient (Wildman–Crippen LogP) is 5.15. The average Bonchev–Trinajstić information content (AvgIpc) is 3.30. The van der Waals surface area contributed by atoms with E-state index in [4.69, 9.17) is 37.9 Å². The topological polar surface area (TPSA) is 235 Å². The summed E-state index contributed by atoms with van der Waals surface area (Å²) < 4.78 is 123. The molecule has 4 unspecified atom stereocenters. The quantitative estimate of drug-likeness (QED) is 0.0632. The second kappa shape index (κ2) is 29.1. The van der Waals surface area contributed by atoms with Gasteiger partial charge in [0.1, 0.15) is 0 Å². The third kappa shape index (κ3) is 19.9. The molecule has 2 saturated heterocycles. The summed E-state index contributed by atoms with van der Waals surface area (Å²) in [6, 6.07) is 1.48. The van der Waals surface area contributed by atoms with Crippen molar-refractivity contribution in [2.24, 2.45) is 0 Å². The van der Waals surface area contributed by atoms with Crippen LogP contribution in [0, 0.1) is 0 Å². The van der Waals surface area contributed by atoms with E-state index in [9.17, 15) is 34.5 Å². The zero-order chi connectivity index (χ0) is 55.3. The Morgan fingerprint density at radius 2 is 0.568 bits per heavy atom. The van der Waals surface area contributed by atoms with Crippen LogP contribution < -0.4 is 46.9 Å². The van der Waals surface area contributed by atoms with Gasteiger partial charge in [-0.1, -0.05) is 0 Å². The summed E-state index contributed by atoms with van der Waals surface area (Å²) in [5.41, 5.74) is 0. The molecule has 2 aliphatic rings. The van der Waals surface area contributed by atoms with E-state index in [-0.39, 0.29) is 60.2 Å². The molecule has 2 fully saturated rings. The summed E-state index contributed by atoms with van der Waals surface area (Å²) in [5.74, 6) is 2.16. The molecule has 6 heterocycles. The Kier molecular flexibility index (Phi) is 24.4. The Morgan fingerprint density at radius 3 is 0.757 bits per heavy atom. The molecule has 416 valence electrons. The number of hydrogen-bond donors (Lipinski definition) is 0. The van der Waals surface area contributed by atoms with Crippen LogP contribution in [-0.4, -0.2) is 204 Å². The van der Waals surface area contributed by atoms with Gasteiger partial charge in [-0.15, -0.1) is 39.9 Å². The third-order valence-electron chi connectivity index (χ3n) is 10.3. The van der Waals surface area contributed by atoms with Crippen LogP contribution in [0.2, 0.25) is 0 Å². The normalized spacial score (nSPS) is 20.0. The van der Waals surface area contributed by atoms with Crippen molar-refractivity contribution in [3.63, 3.8) is 0 Å². The molecule has 0 saturated carbocycles. The number of quaternary nitrogens is 2. The molecule has 2 aliphatic heterocycles. The van der Waals surface area contributed by atoms with Crippen molar-refractivity contribution in [3.05, 3.63) is 11.6 Å². The summed E-state index contributed by atoms with van der Waals surface area (Å²) in [6.07, 6.45) is 0. The zero-order valence-corrected chi connectivity index (χ0v) is 43.7. The smallest absolute Gasteiger partial charge is 0.464 e. The van der Waals surface area contributed by atoms with Gasteiger partial charge in [-0.25, -0.2) is 8.97 Å². The molecule has 4 atom stereocenters. The summed E-state index contributed by atoms with van der Waals surface area (Å²) in [5, 5.41) is 0. The van der Waals surface area contributed by atoms with Crippen molar-refractivity contribution in [3.8, 4) is 48.1 Å². The molecule has 0 spiro atoms. The van der Waals surface area contributed by atoms with Crippen molar-refractivity contribution >= 4 is 26.4 Å². The van der Waals surface area contributed by atoms with Crippen LogP contribution in [0.4, 0.5) is 46.4 Å². The van der Waals surface area contributed by atoms with E-state index in [1.54, 1.807) is 0 Å². The minimum Gasteiger partial charge on any atom is -0.464 e. The fraction of sp³-hybridized carbons (Fsp3) is 0.700. The molecule has 0 radical (unpaired) electrons. The Balaban J connectivity index is 0.000000330. The van der Waals surface area contributed by atoms with Crippen molar-refractivity contribution in [1.82, 2.24) is 78.6 Å². The first-order chi connectivity index (χ1) is 34.9. The van der Waals surface area contributed by atoms with Crippen LogP contribution in [-0.2, 0) is 0 Å². The lowest BCUT2D eigenvalue weighted by Gasteiger charge is -2.44. The average molecular weight is 1070 g/mol. The molecule has 4 aromatic rings. The summed E-state index contributed by atoms with van der Waals surface area (Å²) in [6.45, 7) is 23.1. The maximum atomic E-state index is 9.75. The van der Waals surface area contributed by atoms with Gasteiger partial charge in [0.15, 0.2) is 23.7 Å². The first-order valence-corrected chi connectivity index (χ1v) is 23.8. The number of piperazine rings is 2. The van der Waals surface area contributed by atoms with Crippen LogP contribution in [0.3, 0.4) is 0 Å². The van der Waals surface area contributed by atoms with Gasteiger partial charge >= 0.3 is 74.5 Å². The first-order valence-electron chi connectivity index (χ1n) is 23.8. The molecule has 6 rings (SSSR count). The van der Waals surface area contributed by atoms with E-state index >= 15 is 0 Å². The number of ether oxygens (including phenoxy) is 8. The number of nitrogens with zero attached hydrogens (tertiary/aromatic N) is 16. The Labute approximate surface area is 424 Å². The van der Waals surface area contributed by atoms with E-state index in [0.29, 0.717) is 98.5 Å². The first kappa shape index (κ1) is 62.1. The zero-order valence-electron chi connectivity index (χ0n) is 43.7. The third-order valence-corrected chi connectivity index (χ3v) is 10.3. The number of likely N-dealkylation sites (N-methyl/N-ethyl adjacent to an activating group) is 4. The maximum Gasteiger partial charge on any atom is 0.673 e. The van der Waals surface area contributed by atoms with Crippen LogP contribution in [0.5, 0.6) is 48.1 Å². The van der Waals surface area contributed by atoms with Gasteiger partial charge in [-0.05, 0) is 69.5 Å². The van der Waals surface area contributed by atoms with Crippen LogP contribution in [0.1, 0.15) is 79.1 Å². The van der Waals surface area contributed by atoms with Crippen molar-refractivity contribution in [1.29, 1.82) is 0 Å². The van der Waals surface area contributed by atoms with Crippen molar-refractivity contribution in [2.75, 3.05) is 120 Å². The number of rotatable bonds is 20. The monoisotopic (exact) mass is 1070 g/mol. The molecule has 0 aromatic carbocycles. The van der Waals surface area contributed by atoms with Crippen molar-refractivity contribution < 1.29 is 72.4 Å². The maximum absolute atomic E-state index is 9.75. The lowest BCUT2D eigenvalue weighted by Crippen LogP contribution is -2.60. The second-order valence-electron chi connectivity index (χ2n) is 15.9. The number of aromatic nitrogens is 12. The second-order valence-corrected chi connectivity index (χ2v) is 15.9. The minimum atomic E-state index is -6.00. The Hall–Kier alpha value is -6.15. The van der Waals surface area contributed by atoms with Gasteiger partial charge in [0.05, 0.1) is 93.1 Å². The largest absolute Gasteiger partial charge is 0.673 e.